The van der Waals surface area contributed by atoms with Crippen LogP contribution in [0.15, 0.2) is 23.2 Å². The molecule has 0 saturated heterocycles. The zero-order valence-electron chi connectivity index (χ0n) is 12.9. The molecule has 0 bridgehead atoms. The molecule has 2 N–H and O–H groups in total. The molecule has 5 nitrogen and oxygen atoms in total. The van der Waals surface area contributed by atoms with Gasteiger partial charge >= 0.3 is 0 Å². The van der Waals surface area contributed by atoms with Gasteiger partial charge in [-0.2, -0.15) is 0 Å². The van der Waals surface area contributed by atoms with Crippen LogP contribution in [0.5, 0.6) is 5.75 Å². The summed E-state index contributed by atoms with van der Waals surface area (Å²) in [6.45, 7) is 7.10. The van der Waals surface area contributed by atoms with Gasteiger partial charge in [0.05, 0.1) is 20.3 Å². The summed E-state index contributed by atoms with van der Waals surface area (Å²) in [4.78, 5) is 4.41. The first kappa shape index (κ1) is 17.2. The Bertz CT molecular complexity index is 453. The molecule has 118 valence electrons. The standard InChI is InChI=1S/C15H24FN3O2/c1-4-17-15(18-8-9-21-5-2)19-11-12-6-7-14(20-3)13(16)10-12/h6-7,10H,4-5,8-9,11H2,1-3H3,(H2,17,18,19). The van der Waals surface area contributed by atoms with Crippen LogP contribution in [0.4, 0.5) is 4.39 Å². The highest BCUT2D eigenvalue weighted by Crippen LogP contribution is 2.17. The maximum Gasteiger partial charge on any atom is 0.191 e. The van der Waals surface area contributed by atoms with Crippen LogP contribution in [0.3, 0.4) is 0 Å². The highest BCUT2D eigenvalue weighted by atomic mass is 19.1. The molecule has 0 unspecified atom stereocenters. The fourth-order valence-electron chi connectivity index (χ4n) is 1.71. The molecule has 0 aromatic heterocycles. The second kappa shape index (κ2) is 9.99. The Hall–Kier alpha value is -1.82. The minimum atomic E-state index is -0.375. The van der Waals surface area contributed by atoms with Crippen LogP contribution >= 0.6 is 0 Å². The van der Waals surface area contributed by atoms with Gasteiger partial charge in [0.1, 0.15) is 0 Å². The van der Waals surface area contributed by atoms with E-state index in [9.17, 15) is 4.39 Å². The molecule has 1 rings (SSSR count). The topological polar surface area (TPSA) is 54.9 Å². The van der Waals surface area contributed by atoms with Crippen LogP contribution in [-0.2, 0) is 11.3 Å². The third-order valence-electron chi connectivity index (χ3n) is 2.72. The Morgan fingerprint density at radius 3 is 2.71 bits per heavy atom. The van der Waals surface area contributed by atoms with E-state index in [1.54, 1.807) is 12.1 Å². The average molecular weight is 297 g/mol. The van der Waals surface area contributed by atoms with Crippen molar-refractivity contribution >= 4 is 5.96 Å². The van der Waals surface area contributed by atoms with E-state index >= 15 is 0 Å². The molecule has 0 radical (unpaired) electrons. The molecule has 0 aliphatic rings. The molecule has 0 fully saturated rings. The number of methoxy groups -OCH3 is 1. The Labute approximate surface area is 125 Å². The maximum atomic E-state index is 13.6. The summed E-state index contributed by atoms with van der Waals surface area (Å²) in [5.74, 6) is 0.553. The van der Waals surface area contributed by atoms with Gasteiger partial charge in [-0.25, -0.2) is 9.38 Å². The van der Waals surface area contributed by atoms with Crippen LogP contribution < -0.4 is 15.4 Å². The van der Waals surface area contributed by atoms with E-state index in [-0.39, 0.29) is 11.6 Å². The number of guanidine groups is 1. The summed E-state index contributed by atoms with van der Waals surface area (Å²) in [7, 11) is 1.45. The van der Waals surface area contributed by atoms with Crippen LogP contribution in [0.2, 0.25) is 0 Å². The van der Waals surface area contributed by atoms with Crippen molar-refractivity contribution in [3.05, 3.63) is 29.6 Å². The number of hydrogen-bond donors (Lipinski definition) is 2. The van der Waals surface area contributed by atoms with E-state index in [1.165, 1.54) is 13.2 Å². The average Bonchev–Trinajstić information content (AvgIpc) is 2.49. The Morgan fingerprint density at radius 2 is 2.10 bits per heavy atom. The van der Waals surface area contributed by atoms with Crippen LogP contribution in [0.1, 0.15) is 19.4 Å². The van der Waals surface area contributed by atoms with Crippen molar-refractivity contribution in [3.8, 4) is 5.75 Å². The van der Waals surface area contributed by atoms with E-state index in [1.807, 2.05) is 13.8 Å². The lowest BCUT2D eigenvalue weighted by Gasteiger charge is -2.11. The molecule has 0 aliphatic heterocycles. The maximum absolute atomic E-state index is 13.6. The third kappa shape index (κ3) is 6.44. The molecule has 1 aromatic carbocycles. The first-order chi connectivity index (χ1) is 10.2. The van der Waals surface area contributed by atoms with Gasteiger partial charge in [0.15, 0.2) is 17.5 Å². The predicted octanol–water partition coefficient (Wildman–Crippen LogP) is 1.93. The molecule has 21 heavy (non-hydrogen) atoms. The quantitative estimate of drug-likeness (QED) is 0.437. The Morgan fingerprint density at radius 1 is 1.29 bits per heavy atom. The second-order valence-electron chi connectivity index (χ2n) is 4.29. The number of nitrogens with zero attached hydrogens (tertiary/aromatic N) is 1. The van der Waals surface area contributed by atoms with Crippen molar-refractivity contribution in [1.29, 1.82) is 0 Å². The van der Waals surface area contributed by atoms with Gasteiger partial charge in [-0.1, -0.05) is 6.07 Å². The fourth-order valence-corrected chi connectivity index (χ4v) is 1.71. The Balaban J connectivity index is 2.58. The molecule has 0 aliphatic carbocycles. The summed E-state index contributed by atoms with van der Waals surface area (Å²) in [5.41, 5.74) is 0.787. The summed E-state index contributed by atoms with van der Waals surface area (Å²) < 4.78 is 23.7. The van der Waals surface area contributed by atoms with Gasteiger partial charge in [-0.15, -0.1) is 0 Å². The van der Waals surface area contributed by atoms with Gasteiger partial charge in [-0.05, 0) is 31.5 Å². The zero-order valence-corrected chi connectivity index (χ0v) is 12.9. The first-order valence-electron chi connectivity index (χ1n) is 7.13. The van der Waals surface area contributed by atoms with E-state index in [0.717, 1.165) is 12.1 Å². The number of nitrogens with one attached hydrogen (secondary N) is 2. The van der Waals surface area contributed by atoms with E-state index in [2.05, 4.69) is 15.6 Å². The summed E-state index contributed by atoms with van der Waals surface area (Å²) in [6, 6.07) is 4.84. The fraction of sp³-hybridized carbons (Fsp3) is 0.533. The normalized spacial score (nSPS) is 11.3. The second-order valence-corrected chi connectivity index (χ2v) is 4.29. The number of rotatable bonds is 8. The smallest absolute Gasteiger partial charge is 0.191 e. The highest BCUT2D eigenvalue weighted by molar-refractivity contribution is 5.79. The third-order valence-corrected chi connectivity index (χ3v) is 2.72. The number of aliphatic imine (C=N–C) groups is 1. The molecular formula is C15H24FN3O2. The summed E-state index contributed by atoms with van der Waals surface area (Å²) in [5, 5.41) is 6.29. The SMILES string of the molecule is CCNC(=NCc1ccc(OC)c(F)c1)NCCOCC. The van der Waals surface area contributed by atoms with E-state index < -0.39 is 0 Å². The number of hydrogen-bond acceptors (Lipinski definition) is 3. The Kier molecular flexibility index (Phi) is 8.19. The molecule has 0 atom stereocenters. The number of halogens is 1. The van der Waals surface area contributed by atoms with Gasteiger partial charge < -0.3 is 20.1 Å². The van der Waals surface area contributed by atoms with E-state index in [0.29, 0.717) is 32.3 Å². The van der Waals surface area contributed by atoms with Gasteiger partial charge in [0.2, 0.25) is 0 Å². The molecule has 0 amide bonds. The van der Waals surface area contributed by atoms with Gasteiger partial charge in [0.25, 0.3) is 0 Å². The minimum absolute atomic E-state index is 0.240. The monoisotopic (exact) mass is 297 g/mol. The molecule has 0 saturated carbocycles. The van der Waals surface area contributed by atoms with Gasteiger partial charge in [0, 0.05) is 19.7 Å². The van der Waals surface area contributed by atoms with Crippen LogP contribution in [0.25, 0.3) is 0 Å². The molecule has 0 spiro atoms. The summed E-state index contributed by atoms with van der Waals surface area (Å²) in [6.07, 6.45) is 0. The lowest BCUT2D eigenvalue weighted by Crippen LogP contribution is -2.39. The van der Waals surface area contributed by atoms with Gasteiger partial charge in [-0.3, -0.25) is 0 Å². The zero-order chi connectivity index (χ0) is 15.5. The van der Waals surface area contributed by atoms with Crippen LogP contribution in [-0.4, -0.2) is 39.4 Å². The molecule has 0 heterocycles. The predicted molar refractivity (Wildman–Crippen MR) is 82.3 cm³/mol. The first-order valence-corrected chi connectivity index (χ1v) is 7.13. The van der Waals surface area contributed by atoms with Crippen molar-refractivity contribution in [2.75, 3.05) is 33.4 Å². The largest absolute Gasteiger partial charge is 0.494 e. The lowest BCUT2D eigenvalue weighted by molar-refractivity contribution is 0.152. The number of benzene rings is 1. The van der Waals surface area contributed by atoms with Crippen molar-refractivity contribution in [2.45, 2.75) is 20.4 Å². The van der Waals surface area contributed by atoms with Crippen molar-refractivity contribution < 1.29 is 13.9 Å². The van der Waals surface area contributed by atoms with E-state index in [4.69, 9.17) is 9.47 Å². The highest BCUT2D eigenvalue weighted by Gasteiger charge is 2.03. The van der Waals surface area contributed by atoms with Crippen molar-refractivity contribution in [2.24, 2.45) is 4.99 Å². The molecule has 6 heteroatoms. The summed E-state index contributed by atoms with van der Waals surface area (Å²) >= 11 is 0. The molecule has 1 aromatic rings. The molecular weight excluding hydrogens is 273 g/mol. The minimum Gasteiger partial charge on any atom is -0.494 e. The lowest BCUT2D eigenvalue weighted by atomic mass is 10.2. The number of ether oxygens (including phenoxy) is 2. The van der Waals surface area contributed by atoms with Crippen molar-refractivity contribution in [1.82, 2.24) is 10.6 Å². The van der Waals surface area contributed by atoms with Crippen LogP contribution in [0, 0.1) is 5.82 Å². The van der Waals surface area contributed by atoms with Crippen molar-refractivity contribution in [3.63, 3.8) is 0 Å².